The van der Waals surface area contributed by atoms with Gasteiger partial charge in [-0.1, -0.05) is 12.1 Å². The maximum atomic E-state index is 12.3. The molecule has 0 unspecified atom stereocenters. The molecule has 1 N–H and O–H groups in total. The lowest BCUT2D eigenvalue weighted by atomic mass is 10.3. The number of halogens is 3. The number of alkyl halides is 3. The molecule has 0 saturated heterocycles. The third-order valence-electron chi connectivity index (χ3n) is 2.26. The van der Waals surface area contributed by atoms with Crippen LogP contribution in [0.3, 0.4) is 0 Å². The molecule has 8 heteroatoms. The molecule has 0 atom stereocenters. The second-order valence-electron chi connectivity index (χ2n) is 3.87. The number of hydrogen-bond donors (Lipinski definition) is 1. The van der Waals surface area contributed by atoms with Crippen LogP contribution in [0.15, 0.2) is 36.7 Å². The minimum atomic E-state index is -4.79. The lowest BCUT2D eigenvalue weighted by molar-refractivity contribution is -0.275. The number of aromatic nitrogens is 2. The maximum absolute atomic E-state index is 12.3. The number of hydrogen-bond acceptors (Lipinski definition) is 5. The van der Waals surface area contributed by atoms with Crippen LogP contribution in [0.5, 0.6) is 17.4 Å². The normalized spacial score (nSPS) is 11.0. The van der Waals surface area contributed by atoms with Crippen LogP contribution >= 0.6 is 0 Å². The molecule has 1 heterocycles. The molecule has 0 spiro atoms. The van der Waals surface area contributed by atoms with Gasteiger partial charge in [-0.3, -0.25) is 4.98 Å². The molecule has 5 nitrogen and oxygen atoms in total. The molecule has 0 aliphatic rings. The average molecular weight is 299 g/mol. The minimum absolute atomic E-state index is 0.0617. The van der Waals surface area contributed by atoms with Gasteiger partial charge in [0, 0.05) is 6.54 Å². The van der Waals surface area contributed by atoms with Crippen LogP contribution in [0.2, 0.25) is 0 Å². The highest BCUT2D eigenvalue weighted by Crippen LogP contribution is 2.34. The van der Waals surface area contributed by atoms with E-state index in [1.807, 2.05) is 6.92 Å². The van der Waals surface area contributed by atoms with E-state index < -0.39 is 12.1 Å². The van der Waals surface area contributed by atoms with E-state index in [1.165, 1.54) is 30.6 Å². The molecule has 1 aromatic heterocycles. The molecule has 0 aliphatic heterocycles. The first-order valence-electron chi connectivity index (χ1n) is 6.06. The molecule has 21 heavy (non-hydrogen) atoms. The van der Waals surface area contributed by atoms with E-state index in [9.17, 15) is 13.2 Å². The van der Waals surface area contributed by atoms with Crippen molar-refractivity contribution in [3.05, 3.63) is 36.7 Å². The van der Waals surface area contributed by atoms with Crippen LogP contribution in [0.25, 0.3) is 0 Å². The van der Waals surface area contributed by atoms with Crippen molar-refractivity contribution in [2.75, 3.05) is 11.9 Å². The Morgan fingerprint density at radius 2 is 1.86 bits per heavy atom. The van der Waals surface area contributed by atoms with E-state index in [0.29, 0.717) is 12.4 Å². The summed E-state index contributed by atoms with van der Waals surface area (Å²) in [5.74, 6) is -0.0191. The fourth-order valence-electron chi connectivity index (χ4n) is 1.52. The van der Waals surface area contributed by atoms with E-state index >= 15 is 0 Å². The van der Waals surface area contributed by atoms with Crippen LogP contribution < -0.4 is 14.8 Å². The molecular weight excluding hydrogens is 287 g/mol. The summed E-state index contributed by atoms with van der Waals surface area (Å²) in [5.41, 5.74) is 0. The summed E-state index contributed by atoms with van der Waals surface area (Å²) < 4.78 is 46.1. The van der Waals surface area contributed by atoms with E-state index in [-0.39, 0.29) is 11.6 Å². The van der Waals surface area contributed by atoms with Gasteiger partial charge in [0.1, 0.15) is 5.82 Å². The third kappa shape index (κ3) is 4.51. The smallest absolute Gasteiger partial charge is 0.434 e. The summed E-state index contributed by atoms with van der Waals surface area (Å²) in [6, 6.07) is 5.45. The molecule has 0 fully saturated rings. The number of ether oxygens (including phenoxy) is 2. The second kappa shape index (κ2) is 6.29. The number of anilines is 1. The largest absolute Gasteiger partial charge is 0.573 e. The molecule has 1 aromatic carbocycles. The molecule has 2 rings (SSSR count). The Morgan fingerprint density at radius 1 is 1.14 bits per heavy atom. The van der Waals surface area contributed by atoms with Crippen molar-refractivity contribution in [2.45, 2.75) is 13.3 Å². The zero-order chi connectivity index (χ0) is 15.3. The Bertz CT molecular complexity index is 605. The van der Waals surface area contributed by atoms with Crippen molar-refractivity contribution in [2.24, 2.45) is 0 Å². The molecule has 0 bridgehead atoms. The van der Waals surface area contributed by atoms with Crippen molar-refractivity contribution >= 4 is 5.82 Å². The Morgan fingerprint density at radius 3 is 2.52 bits per heavy atom. The topological polar surface area (TPSA) is 56.3 Å². The van der Waals surface area contributed by atoms with E-state index in [1.54, 1.807) is 0 Å². The Labute approximate surface area is 118 Å². The number of nitrogens with zero attached hydrogens (tertiary/aromatic N) is 2. The van der Waals surface area contributed by atoms with Gasteiger partial charge in [-0.15, -0.1) is 13.2 Å². The minimum Gasteiger partial charge on any atom is -0.434 e. The Kier molecular flexibility index (Phi) is 4.46. The fraction of sp³-hybridized carbons (Fsp3) is 0.231. The maximum Gasteiger partial charge on any atom is 0.573 e. The van der Waals surface area contributed by atoms with Gasteiger partial charge in [-0.05, 0) is 19.1 Å². The predicted octanol–water partition coefficient (Wildman–Crippen LogP) is 3.60. The monoisotopic (exact) mass is 299 g/mol. The molecule has 0 amide bonds. The summed E-state index contributed by atoms with van der Waals surface area (Å²) in [5, 5.41) is 2.92. The van der Waals surface area contributed by atoms with Crippen molar-refractivity contribution < 1.29 is 22.6 Å². The summed E-state index contributed by atoms with van der Waals surface area (Å²) in [6.45, 7) is 2.51. The summed E-state index contributed by atoms with van der Waals surface area (Å²) >= 11 is 0. The zero-order valence-corrected chi connectivity index (χ0v) is 11.0. The quantitative estimate of drug-likeness (QED) is 0.914. The lowest BCUT2D eigenvalue weighted by Gasteiger charge is -2.13. The number of rotatable bonds is 5. The molecular formula is C13H12F3N3O2. The van der Waals surface area contributed by atoms with Gasteiger partial charge < -0.3 is 14.8 Å². The Hall–Kier alpha value is -2.51. The standard InChI is InChI=1S/C13H12F3N3O2/c1-2-18-11-7-17-8-12(19-11)20-9-5-3-4-6-10(9)21-13(14,15)16/h3-8H,2H2,1H3,(H,18,19). The summed E-state index contributed by atoms with van der Waals surface area (Å²) in [7, 11) is 0. The first-order valence-corrected chi connectivity index (χ1v) is 6.06. The fourth-order valence-corrected chi connectivity index (χ4v) is 1.52. The predicted molar refractivity (Wildman–Crippen MR) is 69.4 cm³/mol. The van der Waals surface area contributed by atoms with Crippen LogP contribution in [0, 0.1) is 0 Å². The van der Waals surface area contributed by atoms with Gasteiger partial charge in [0.25, 0.3) is 0 Å². The average Bonchev–Trinajstić information content (AvgIpc) is 2.40. The van der Waals surface area contributed by atoms with Gasteiger partial charge in [0.15, 0.2) is 11.5 Å². The zero-order valence-electron chi connectivity index (χ0n) is 11.0. The first kappa shape index (κ1) is 14.9. The van der Waals surface area contributed by atoms with Crippen molar-refractivity contribution in [3.8, 4) is 17.4 Å². The Balaban J connectivity index is 2.21. The van der Waals surface area contributed by atoms with Crippen LogP contribution in [-0.2, 0) is 0 Å². The highest BCUT2D eigenvalue weighted by atomic mass is 19.4. The molecule has 112 valence electrons. The molecule has 0 saturated carbocycles. The highest BCUT2D eigenvalue weighted by Gasteiger charge is 2.32. The van der Waals surface area contributed by atoms with Crippen molar-refractivity contribution in [1.29, 1.82) is 0 Å². The van der Waals surface area contributed by atoms with E-state index in [0.717, 1.165) is 6.07 Å². The summed E-state index contributed by atoms with van der Waals surface area (Å²) in [6.07, 6.45) is -2.02. The molecule has 0 aliphatic carbocycles. The van der Waals surface area contributed by atoms with E-state index in [2.05, 4.69) is 20.0 Å². The van der Waals surface area contributed by atoms with Gasteiger partial charge in [-0.25, -0.2) is 0 Å². The summed E-state index contributed by atoms with van der Waals surface area (Å²) in [4.78, 5) is 7.95. The van der Waals surface area contributed by atoms with Crippen LogP contribution in [-0.4, -0.2) is 22.9 Å². The van der Waals surface area contributed by atoms with Crippen LogP contribution in [0.1, 0.15) is 6.92 Å². The first-order chi connectivity index (χ1) is 9.98. The van der Waals surface area contributed by atoms with Gasteiger partial charge in [0.2, 0.25) is 5.88 Å². The third-order valence-corrected chi connectivity index (χ3v) is 2.26. The number of para-hydroxylation sites is 2. The molecule has 2 aromatic rings. The number of benzene rings is 1. The van der Waals surface area contributed by atoms with Gasteiger partial charge >= 0.3 is 6.36 Å². The van der Waals surface area contributed by atoms with Gasteiger partial charge in [-0.2, -0.15) is 4.98 Å². The number of nitrogens with one attached hydrogen (secondary N) is 1. The van der Waals surface area contributed by atoms with Crippen molar-refractivity contribution in [1.82, 2.24) is 9.97 Å². The highest BCUT2D eigenvalue weighted by molar-refractivity contribution is 5.42. The van der Waals surface area contributed by atoms with E-state index in [4.69, 9.17) is 4.74 Å². The van der Waals surface area contributed by atoms with Crippen molar-refractivity contribution in [3.63, 3.8) is 0 Å². The van der Waals surface area contributed by atoms with Crippen LogP contribution in [0.4, 0.5) is 19.0 Å². The second-order valence-corrected chi connectivity index (χ2v) is 3.87. The molecule has 0 radical (unpaired) electrons. The SMILES string of the molecule is CCNc1cncc(Oc2ccccc2OC(F)(F)F)n1. The lowest BCUT2D eigenvalue weighted by Crippen LogP contribution is -2.17. The van der Waals surface area contributed by atoms with Gasteiger partial charge in [0.05, 0.1) is 12.4 Å².